The first kappa shape index (κ1) is 18.5. The summed E-state index contributed by atoms with van der Waals surface area (Å²) in [7, 11) is 0. The number of carbonyl (C=O) groups excluding carboxylic acids is 1. The van der Waals surface area contributed by atoms with Gasteiger partial charge in [0.25, 0.3) is 5.91 Å². The number of nitrogens with one attached hydrogen (secondary N) is 1. The minimum Gasteiger partial charge on any atom is -0.494 e. The molecule has 0 aliphatic carbocycles. The summed E-state index contributed by atoms with van der Waals surface area (Å²) in [6.07, 6.45) is 0.921. The molecule has 0 saturated carbocycles. The standard InChI is InChI=1S/C20H23ClN2O3/c1-2-10-26-17-5-3-4-15(13-17)20(24)22-16-6-7-19(18(21)14-16)23-8-11-25-12-9-23/h3-7,13-14H,2,8-12H2,1H3,(H,22,24). The highest BCUT2D eigenvalue weighted by Crippen LogP contribution is 2.29. The van der Waals surface area contributed by atoms with E-state index in [0.717, 1.165) is 25.2 Å². The second-order valence-electron chi connectivity index (χ2n) is 6.10. The van der Waals surface area contributed by atoms with Gasteiger partial charge in [-0.05, 0) is 42.8 Å². The Morgan fingerprint density at radius 3 is 2.77 bits per heavy atom. The van der Waals surface area contributed by atoms with Crippen molar-refractivity contribution < 1.29 is 14.3 Å². The first-order valence-corrected chi connectivity index (χ1v) is 9.21. The van der Waals surface area contributed by atoms with Crippen molar-refractivity contribution in [2.75, 3.05) is 43.1 Å². The van der Waals surface area contributed by atoms with Crippen LogP contribution in [0.1, 0.15) is 23.7 Å². The van der Waals surface area contributed by atoms with Crippen LogP contribution in [0.15, 0.2) is 42.5 Å². The van der Waals surface area contributed by atoms with Crippen molar-refractivity contribution in [2.45, 2.75) is 13.3 Å². The van der Waals surface area contributed by atoms with Gasteiger partial charge in [0.15, 0.2) is 0 Å². The first-order chi connectivity index (χ1) is 12.7. The van der Waals surface area contributed by atoms with Crippen molar-refractivity contribution in [1.82, 2.24) is 0 Å². The van der Waals surface area contributed by atoms with Crippen LogP contribution in [0.4, 0.5) is 11.4 Å². The fourth-order valence-corrected chi connectivity index (χ4v) is 3.10. The number of nitrogens with zero attached hydrogens (tertiary/aromatic N) is 1. The SMILES string of the molecule is CCCOc1cccc(C(=O)Nc2ccc(N3CCOCC3)c(Cl)c2)c1. The molecule has 2 aromatic carbocycles. The van der Waals surface area contributed by atoms with Crippen molar-refractivity contribution in [2.24, 2.45) is 0 Å². The van der Waals surface area contributed by atoms with Gasteiger partial charge < -0.3 is 19.7 Å². The summed E-state index contributed by atoms with van der Waals surface area (Å²) in [5.41, 5.74) is 2.17. The highest BCUT2D eigenvalue weighted by molar-refractivity contribution is 6.33. The molecular weight excluding hydrogens is 352 g/mol. The lowest BCUT2D eigenvalue weighted by Gasteiger charge is -2.29. The molecule has 6 heteroatoms. The van der Waals surface area contributed by atoms with Gasteiger partial charge in [-0.3, -0.25) is 4.79 Å². The van der Waals surface area contributed by atoms with Gasteiger partial charge >= 0.3 is 0 Å². The number of rotatable bonds is 6. The van der Waals surface area contributed by atoms with Crippen molar-refractivity contribution in [3.8, 4) is 5.75 Å². The van der Waals surface area contributed by atoms with Crippen LogP contribution in [-0.4, -0.2) is 38.8 Å². The Balaban J connectivity index is 1.68. The molecule has 0 unspecified atom stereocenters. The van der Waals surface area contributed by atoms with E-state index in [-0.39, 0.29) is 5.91 Å². The predicted molar refractivity (Wildman–Crippen MR) is 105 cm³/mol. The van der Waals surface area contributed by atoms with E-state index >= 15 is 0 Å². The zero-order valence-electron chi connectivity index (χ0n) is 14.8. The zero-order chi connectivity index (χ0) is 18.4. The summed E-state index contributed by atoms with van der Waals surface area (Å²) < 4.78 is 10.9. The van der Waals surface area contributed by atoms with Crippen LogP contribution in [0.2, 0.25) is 5.02 Å². The van der Waals surface area contributed by atoms with E-state index in [9.17, 15) is 4.79 Å². The monoisotopic (exact) mass is 374 g/mol. The predicted octanol–water partition coefficient (Wildman–Crippen LogP) is 4.22. The number of amides is 1. The molecule has 26 heavy (non-hydrogen) atoms. The molecule has 5 nitrogen and oxygen atoms in total. The van der Waals surface area contributed by atoms with E-state index in [2.05, 4.69) is 10.2 Å². The molecule has 1 N–H and O–H groups in total. The van der Waals surface area contributed by atoms with Gasteiger partial charge in [0.1, 0.15) is 5.75 Å². The number of anilines is 2. The normalized spacial score (nSPS) is 14.2. The van der Waals surface area contributed by atoms with E-state index in [4.69, 9.17) is 21.1 Å². The summed E-state index contributed by atoms with van der Waals surface area (Å²) >= 11 is 6.42. The Labute approximate surface area is 158 Å². The lowest BCUT2D eigenvalue weighted by atomic mass is 10.2. The van der Waals surface area contributed by atoms with Crippen molar-refractivity contribution in [3.05, 3.63) is 53.1 Å². The third kappa shape index (κ3) is 4.68. The molecule has 1 aliphatic rings. The summed E-state index contributed by atoms with van der Waals surface area (Å²) in [6.45, 7) is 5.70. The molecule has 0 bridgehead atoms. The van der Waals surface area contributed by atoms with E-state index in [0.29, 0.717) is 41.8 Å². The number of hydrogen-bond acceptors (Lipinski definition) is 4. The Hall–Kier alpha value is -2.24. The summed E-state index contributed by atoms with van der Waals surface area (Å²) in [6, 6.07) is 12.7. The van der Waals surface area contributed by atoms with Crippen molar-refractivity contribution in [3.63, 3.8) is 0 Å². The van der Waals surface area contributed by atoms with Crippen LogP contribution in [-0.2, 0) is 4.74 Å². The smallest absolute Gasteiger partial charge is 0.255 e. The van der Waals surface area contributed by atoms with Crippen LogP contribution < -0.4 is 15.0 Å². The number of ether oxygens (including phenoxy) is 2. The van der Waals surface area contributed by atoms with Gasteiger partial charge in [0.05, 0.1) is 30.5 Å². The van der Waals surface area contributed by atoms with Gasteiger partial charge in [0, 0.05) is 24.3 Å². The molecule has 1 aliphatic heterocycles. The van der Waals surface area contributed by atoms with E-state index in [1.165, 1.54) is 0 Å². The molecule has 1 fully saturated rings. The van der Waals surface area contributed by atoms with Gasteiger partial charge in [-0.15, -0.1) is 0 Å². The van der Waals surface area contributed by atoms with Crippen molar-refractivity contribution in [1.29, 1.82) is 0 Å². The Morgan fingerprint density at radius 1 is 1.23 bits per heavy atom. The highest BCUT2D eigenvalue weighted by atomic mass is 35.5. The van der Waals surface area contributed by atoms with E-state index in [1.54, 1.807) is 18.2 Å². The summed E-state index contributed by atoms with van der Waals surface area (Å²) in [4.78, 5) is 14.7. The largest absolute Gasteiger partial charge is 0.494 e. The zero-order valence-corrected chi connectivity index (χ0v) is 15.6. The molecule has 0 radical (unpaired) electrons. The molecule has 3 rings (SSSR count). The average Bonchev–Trinajstić information content (AvgIpc) is 2.67. The van der Waals surface area contributed by atoms with Gasteiger partial charge in [0.2, 0.25) is 0 Å². The molecule has 0 aromatic heterocycles. The topological polar surface area (TPSA) is 50.8 Å². The molecular formula is C20H23ClN2O3. The fraction of sp³-hybridized carbons (Fsp3) is 0.350. The summed E-state index contributed by atoms with van der Waals surface area (Å²) in [5.74, 6) is 0.502. The third-order valence-corrected chi connectivity index (χ3v) is 4.43. The molecule has 0 spiro atoms. The maximum absolute atomic E-state index is 12.5. The lowest BCUT2D eigenvalue weighted by molar-refractivity contribution is 0.102. The minimum absolute atomic E-state index is 0.192. The van der Waals surface area contributed by atoms with Crippen LogP contribution in [0, 0.1) is 0 Å². The molecule has 138 valence electrons. The Bertz CT molecular complexity index is 760. The number of hydrogen-bond donors (Lipinski definition) is 1. The third-order valence-electron chi connectivity index (χ3n) is 4.13. The van der Waals surface area contributed by atoms with Crippen molar-refractivity contribution >= 4 is 28.9 Å². The average molecular weight is 375 g/mol. The fourth-order valence-electron chi connectivity index (χ4n) is 2.80. The quantitative estimate of drug-likeness (QED) is 0.822. The minimum atomic E-state index is -0.192. The molecule has 1 heterocycles. The maximum Gasteiger partial charge on any atom is 0.255 e. The van der Waals surface area contributed by atoms with Gasteiger partial charge in [-0.1, -0.05) is 24.6 Å². The molecule has 0 atom stereocenters. The number of carbonyl (C=O) groups is 1. The number of halogens is 1. The summed E-state index contributed by atoms with van der Waals surface area (Å²) in [5, 5.41) is 3.51. The van der Waals surface area contributed by atoms with Crippen LogP contribution >= 0.6 is 11.6 Å². The molecule has 1 amide bonds. The second kappa shape index (κ2) is 8.92. The van der Waals surface area contributed by atoms with Crippen LogP contribution in [0.5, 0.6) is 5.75 Å². The second-order valence-corrected chi connectivity index (χ2v) is 6.50. The first-order valence-electron chi connectivity index (χ1n) is 8.84. The number of morpholine rings is 1. The highest BCUT2D eigenvalue weighted by Gasteiger charge is 2.15. The van der Waals surface area contributed by atoms with Crippen LogP contribution in [0.25, 0.3) is 0 Å². The van der Waals surface area contributed by atoms with Gasteiger partial charge in [-0.2, -0.15) is 0 Å². The molecule has 2 aromatic rings. The van der Waals surface area contributed by atoms with E-state index in [1.807, 2.05) is 31.2 Å². The Morgan fingerprint density at radius 2 is 2.04 bits per heavy atom. The van der Waals surface area contributed by atoms with E-state index < -0.39 is 0 Å². The Kier molecular flexibility index (Phi) is 6.36. The maximum atomic E-state index is 12.5. The lowest BCUT2D eigenvalue weighted by Crippen LogP contribution is -2.36. The molecule has 1 saturated heterocycles. The van der Waals surface area contributed by atoms with Crippen LogP contribution in [0.3, 0.4) is 0 Å². The number of benzene rings is 2. The van der Waals surface area contributed by atoms with Gasteiger partial charge in [-0.25, -0.2) is 0 Å².